The monoisotopic (exact) mass is 305 g/mol. The minimum atomic E-state index is -0.509. The topological polar surface area (TPSA) is 92.4 Å². The summed E-state index contributed by atoms with van der Waals surface area (Å²) in [6.07, 6.45) is 1.12. The van der Waals surface area contributed by atoms with Crippen LogP contribution in [0.4, 0.5) is 0 Å². The molecule has 0 saturated carbocycles. The van der Waals surface area contributed by atoms with E-state index in [1.807, 2.05) is 34.6 Å². The molecule has 0 aliphatic rings. The van der Waals surface area contributed by atoms with E-state index in [4.69, 9.17) is 0 Å². The van der Waals surface area contributed by atoms with Crippen molar-refractivity contribution in [3.05, 3.63) is 23.8 Å². The number of nitrogens with zero attached hydrogens (tertiary/aromatic N) is 4. The average Bonchev–Trinajstić information content (AvgIpc) is 2.89. The summed E-state index contributed by atoms with van der Waals surface area (Å²) < 4.78 is 1.53. The molecule has 0 aliphatic carbocycles. The van der Waals surface area contributed by atoms with Gasteiger partial charge in [-0.05, 0) is 18.9 Å². The van der Waals surface area contributed by atoms with Crippen LogP contribution < -0.4 is 5.32 Å². The van der Waals surface area contributed by atoms with E-state index < -0.39 is 11.5 Å². The number of rotatable bonds is 5. The molecule has 0 fully saturated rings. The number of hydrogen-bond donors (Lipinski definition) is 2. The number of hydrogen-bond acceptors (Lipinski definition) is 5. The normalized spacial score (nSPS) is 13.6. The standard InChI is InChI=1S/C15H23N5O2/c1-9(2)11(21)15(4,5)8-17-13(22)12-18-14-16-7-6-10(3)20(14)19-12/h6-7,9,11,21H,8H2,1-5H3,(H,17,22). The van der Waals surface area contributed by atoms with E-state index in [-0.39, 0.29) is 17.6 Å². The van der Waals surface area contributed by atoms with E-state index in [2.05, 4.69) is 20.4 Å². The van der Waals surface area contributed by atoms with E-state index >= 15 is 0 Å². The van der Waals surface area contributed by atoms with Gasteiger partial charge >= 0.3 is 0 Å². The van der Waals surface area contributed by atoms with Gasteiger partial charge in [0.05, 0.1) is 6.10 Å². The summed E-state index contributed by atoms with van der Waals surface area (Å²) in [6.45, 7) is 9.94. The van der Waals surface area contributed by atoms with Crippen LogP contribution in [-0.2, 0) is 0 Å². The number of nitrogens with one attached hydrogen (secondary N) is 1. The molecule has 0 saturated heterocycles. The average molecular weight is 305 g/mol. The molecule has 2 N–H and O–H groups in total. The van der Waals surface area contributed by atoms with E-state index in [1.54, 1.807) is 12.3 Å². The van der Waals surface area contributed by atoms with E-state index in [9.17, 15) is 9.90 Å². The molecule has 0 bridgehead atoms. The van der Waals surface area contributed by atoms with Crippen LogP contribution in [0, 0.1) is 18.3 Å². The van der Waals surface area contributed by atoms with Gasteiger partial charge in [0.15, 0.2) is 0 Å². The van der Waals surface area contributed by atoms with Crippen LogP contribution in [0.2, 0.25) is 0 Å². The Morgan fingerprint density at radius 3 is 2.73 bits per heavy atom. The number of amides is 1. The van der Waals surface area contributed by atoms with Crippen molar-refractivity contribution in [3.63, 3.8) is 0 Å². The highest BCUT2D eigenvalue weighted by Gasteiger charge is 2.31. The van der Waals surface area contributed by atoms with Crippen LogP contribution >= 0.6 is 0 Å². The summed E-state index contributed by atoms with van der Waals surface area (Å²) in [5.74, 6) is 0.226. The van der Waals surface area contributed by atoms with Gasteiger partial charge in [0, 0.05) is 23.9 Å². The molecule has 2 aromatic heterocycles. The first kappa shape index (κ1) is 16.4. The summed E-state index contributed by atoms with van der Waals surface area (Å²) in [6, 6.07) is 1.80. The Labute approximate surface area is 129 Å². The third-order valence-corrected chi connectivity index (χ3v) is 3.77. The fourth-order valence-electron chi connectivity index (χ4n) is 2.40. The highest BCUT2D eigenvalue weighted by molar-refractivity contribution is 5.90. The maximum atomic E-state index is 12.2. The minimum absolute atomic E-state index is 0.0802. The molecule has 0 aromatic carbocycles. The van der Waals surface area contributed by atoms with Crippen molar-refractivity contribution in [2.75, 3.05) is 6.54 Å². The molecule has 120 valence electrons. The lowest BCUT2D eigenvalue weighted by Crippen LogP contribution is -2.43. The molecular weight excluding hydrogens is 282 g/mol. The predicted molar refractivity (Wildman–Crippen MR) is 82.5 cm³/mol. The zero-order chi connectivity index (χ0) is 16.5. The Kier molecular flexibility index (Phi) is 4.46. The van der Waals surface area contributed by atoms with Crippen LogP contribution in [0.3, 0.4) is 0 Å². The van der Waals surface area contributed by atoms with Gasteiger partial charge < -0.3 is 10.4 Å². The molecule has 1 atom stereocenters. The van der Waals surface area contributed by atoms with Crippen LogP contribution in [0.1, 0.15) is 44.0 Å². The number of aryl methyl sites for hydroxylation is 1. The molecule has 1 amide bonds. The molecule has 2 heterocycles. The molecule has 0 spiro atoms. The lowest BCUT2D eigenvalue weighted by atomic mass is 9.81. The Morgan fingerprint density at radius 2 is 2.14 bits per heavy atom. The Morgan fingerprint density at radius 1 is 1.45 bits per heavy atom. The fourth-order valence-corrected chi connectivity index (χ4v) is 2.40. The van der Waals surface area contributed by atoms with Gasteiger partial charge in [-0.2, -0.15) is 4.98 Å². The highest BCUT2D eigenvalue weighted by Crippen LogP contribution is 2.25. The molecule has 7 heteroatoms. The molecular formula is C15H23N5O2. The summed E-state index contributed by atoms with van der Waals surface area (Å²) >= 11 is 0. The second-order valence-electron chi connectivity index (χ2n) is 6.59. The first-order chi connectivity index (χ1) is 10.2. The number of aliphatic hydroxyl groups excluding tert-OH is 1. The summed E-state index contributed by atoms with van der Waals surface area (Å²) in [7, 11) is 0. The zero-order valence-corrected chi connectivity index (χ0v) is 13.7. The van der Waals surface area contributed by atoms with Crippen molar-refractivity contribution in [1.82, 2.24) is 24.9 Å². The lowest BCUT2D eigenvalue weighted by Gasteiger charge is -2.33. The van der Waals surface area contributed by atoms with Crippen molar-refractivity contribution in [2.24, 2.45) is 11.3 Å². The predicted octanol–water partition coefficient (Wildman–Crippen LogP) is 1.21. The number of carbonyl (C=O) groups is 1. The van der Waals surface area contributed by atoms with Crippen LogP contribution in [0.25, 0.3) is 5.78 Å². The Hall–Kier alpha value is -2.02. The number of fused-ring (bicyclic) bond motifs is 1. The summed E-state index contributed by atoms with van der Waals surface area (Å²) in [4.78, 5) is 20.4. The number of carbonyl (C=O) groups excluding carboxylic acids is 1. The largest absolute Gasteiger partial charge is 0.392 e. The van der Waals surface area contributed by atoms with Gasteiger partial charge in [0.1, 0.15) is 0 Å². The second-order valence-corrected chi connectivity index (χ2v) is 6.59. The van der Waals surface area contributed by atoms with Crippen molar-refractivity contribution in [1.29, 1.82) is 0 Å². The molecule has 7 nitrogen and oxygen atoms in total. The maximum Gasteiger partial charge on any atom is 0.291 e. The van der Waals surface area contributed by atoms with Crippen molar-refractivity contribution < 1.29 is 9.90 Å². The first-order valence-corrected chi connectivity index (χ1v) is 7.37. The van der Waals surface area contributed by atoms with Gasteiger partial charge in [-0.3, -0.25) is 4.79 Å². The molecule has 0 radical (unpaired) electrons. The molecule has 1 unspecified atom stereocenters. The second kappa shape index (κ2) is 6.00. The molecule has 22 heavy (non-hydrogen) atoms. The fraction of sp³-hybridized carbons (Fsp3) is 0.600. The summed E-state index contributed by atoms with van der Waals surface area (Å²) in [5, 5.41) is 17.1. The van der Waals surface area contributed by atoms with Gasteiger partial charge in [-0.1, -0.05) is 27.7 Å². The van der Waals surface area contributed by atoms with Gasteiger partial charge in [0.25, 0.3) is 11.7 Å². The smallest absolute Gasteiger partial charge is 0.291 e. The van der Waals surface area contributed by atoms with Gasteiger partial charge in [-0.25, -0.2) is 9.50 Å². The van der Waals surface area contributed by atoms with E-state index in [1.165, 1.54) is 4.52 Å². The van der Waals surface area contributed by atoms with E-state index in [0.29, 0.717) is 12.3 Å². The molecule has 2 rings (SSSR count). The third-order valence-electron chi connectivity index (χ3n) is 3.77. The Bertz CT molecular complexity index is 678. The zero-order valence-electron chi connectivity index (χ0n) is 13.7. The molecule has 0 aliphatic heterocycles. The quantitative estimate of drug-likeness (QED) is 0.866. The van der Waals surface area contributed by atoms with Gasteiger partial charge in [-0.15, -0.1) is 5.10 Å². The summed E-state index contributed by atoms with van der Waals surface area (Å²) in [5.41, 5.74) is 0.420. The van der Waals surface area contributed by atoms with Gasteiger partial charge in [0.2, 0.25) is 5.82 Å². The van der Waals surface area contributed by atoms with Crippen molar-refractivity contribution in [2.45, 2.75) is 40.7 Å². The number of aromatic nitrogens is 4. The Balaban J connectivity index is 2.10. The number of aliphatic hydroxyl groups is 1. The third kappa shape index (κ3) is 3.24. The van der Waals surface area contributed by atoms with E-state index in [0.717, 1.165) is 5.69 Å². The van der Waals surface area contributed by atoms with Crippen molar-refractivity contribution >= 4 is 11.7 Å². The molecule has 2 aromatic rings. The van der Waals surface area contributed by atoms with Crippen molar-refractivity contribution in [3.8, 4) is 0 Å². The van der Waals surface area contributed by atoms with Crippen LogP contribution in [0.5, 0.6) is 0 Å². The van der Waals surface area contributed by atoms with Crippen LogP contribution in [-0.4, -0.2) is 43.2 Å². The minimum Gasteiger partial charge on any atom is -0.392 e. The highest BCUT2D eigenvalue weighted by atomic mass is 16.3. The SMILES string of the molecule is Cc1ccnc2nc(C(=O)NCC(C)(C)C(O)C(C)C)nn12. The first-order valence-electron chi connectivity index (χ1n) is 7.37. The lowest BCUT2D eigenvalue weighted by molar-refractivity contribution is 0.0137. The maximum absolute atomic E-state index is 12.2. The van der Waals surface area contributed by atoms with Crippen LogP contribution in [0.15, 0.2) is 12.3 Å².